The standard InChI is InChI=1S/C16H20F3N3O2/c1-5-10(7-16(17,18)19)20-14(23)11-6-12(8(2)3)21-15-13(11)9(4)22-24-15/h6,8,10H,5,7H2,1-4H3,(H,20,23)/t10-/m0/s1. The van der Waals surface area contributed by atoms with Crippen molar-refractivity contribution in [1.82, 2.24) is 15.5 Å². The number of amides is 1. The number of fused-ring (bicyclic) bond motifs is 1. The molecule has 0 spiro atoms. The van der Waals surface area contributed by atoms with Gasteiger partial charge in [0.05, 0.1) is 23.1 Å². The molecule has 0 saturated carbocycles. The van der Waals surface area contributed by atoms with E-state index < -0.39 is 24.5 Å². The number of alkyl halides is 3. The molecule has 1 atom stereocenters. The van der Waals surface area contributed by atoms with Crippen molar-refractivity contribution in [2.24, 2.45) is 0 Å². The Bertz CT molecular complexity index is 738. The highest BCUT2D eigenvalue weighted by atomic mass is 19.4. The van der Waals surface area contributed by atoms with Crippen molar-refractivity contribution in [2.45, 2.75) is 58.7 Å². The summed E-state index contributed by atoms with van der Waals surface area (Å²) in [5.41, 5.74) is 1.55. The van der Waals surface area contributed by atoms with E-state index in [0.29, 0.717) is 16.8 Å². The first kappa shape index (κ1) is 18.2. The third-order valence-corrected chi connectivity index (χ3v) is 3.78. The summed E-state index contributed by atoms with van der Waals surface area (Å²) in [6.07, 6.45) is -5.22. The number of hydrogen-bond donors (Lipinski definition) is 1. The van der Waals surface area contributed by atoms with Crippen LogP contribution in [0.15, 0.2) is 10.6 Å². The molecule has 2 rings (SSSR count). The molecule has 132 valence electrons. The topological polar surface area (TPSA) is 68.0 Å². The van der Waals surface area contributed by atoms with Crippen molar-refractivity contribution < 1.29 is 22.5 Å². The predicted molar refractivity (Wildman–Crippen MR) is 82.8 cm³/mol. The van der Waals surface area contributed by atoms with E-state index in [4.69, 9.17) is 4.52 Å². The molecule has 0 aliphatic carbocycles. The first-order valence-corrected chi connectivity index (χ1v) is 7.77. The van der Waals surface area contributed by atoms with E-state index in [9.17, 15) is 18.0 Å². The quantitative estimate of drug-likeness (QED) is 0.887. The highest BCUT2D eigenvalue weighted by Gasteiger charge is 2.32. The highest BCUT2D eigenvalue weighted by molar-refractivity contribution is 6.06. The van der Waals surface area contributed by atoms with Crippen LogP contribution in [-0.4, -0.2) is 28.3 Å². The Kier molecular flexibility index (Phi) is 5.15. The highest BCUT2D eigenvalue weighted by Crippen LogP contribution is 2.26. The van der Waals surface area contributed by atoms with Gasteiger partial charge in [0, 0.05) is 11.7 Å². The number of nitrogens with zero attached hydrogens (tertiary/aromatic N) is 2. The van der Waals surface area contributed by atoms with Gasteiger partial charge < -0.3 is 9.84 Å². The second kappa shape index (κ2) is 6.78. The van der Waals surface area contributed by atoms with Crippen molar-refractivity contribution in [3.63, 3.8) is 0 Å². The zero-order valence-corrected chi connectivity index (χ0v) is 14.0. The summed E-state index contributed by atoms with van der Waals surface area (Å²) >= 11 is 0. The largest absolute Gasteiger partial charge is 0.391 e. The van der Waals surface area contributed by atoms with Crippen molar-refractivity contribution in [3.05, 3.63) is 23.0 Å². The maximum atomic E-state index is 12.6. The molecular weight excluding hydrogens is 323 g/mol. The van der Waals surface area contributed by atoms with Gasteiger partial charge in [-0.05, 0) is 25.3 Å². The van der Waals surface area contributed by atoms with Gasteiger partial charge in [-0.2, -0.15) is 13.2 Å². The Morgan fingerprint density at radius 2 is 2.04 bits per heavy atom. The molecule has 0 radical (unpaired) electrons. The number of rotatable bonds is 5. The van der Waals surface area contributed by atoms with Crippen LogP contribution in [0.3, 0.4) is 0 Å². The number of nitrogens with one attached hydrogen (secondary N) is 1. The van der Waals surface area contributed by atoms with E-state index in [2.05, 4.69) is 15.5 Å². The molecule has 0 bridgehead atoms. The van der Waals surface area contributed by atoms with Crippen molar-refractivity contribution in [1.29, 1.82) is 0 Å². The lowest BCUT2D eigenvalue weighted by Crippen LogP contribution is -2.37. The maximum absolute atomic E-state index is 12.6. The van der Waals surface area contributed by atoms with Gasteiger partial charge in [0.2, 0.25) is 0 Å². The number of halogens is 3. The Labute approximate surface area is 137 Å². The summed E-state index contributed by atoms with van der Waals surface area (Å²) in [5.74, 6) is -0.546. The number of aromatic nitrogens is 2. The average molecular weight is 343 g/mol. The van der Waals surface area contributed by atoms with Crippen LogP contribution in [0.4, 0.5) is 13.2 Å². The summed E-state index contributed by atoms with van der Waals surface area (Å²) in [5, 5.41) is 6.69. The normalized spacial score (nSPS) is 13.5. The Morgan fingerprint density at radius 1 is 1.38 bits per heavy atom. The molecule has 2 aromatic rings. The van der Waals surface area contributed by atoms with Gasteiger partial charge in [0.1, 0.15) is 0 Å². The van der Waals surface area contributed by atoms with Gasteiger partial charge in [0.15, 0.2) is 0 Å². The third kappa shape index (κ3) is 4.04. The van der Waals surface area contributed by atoms with Crippen molar-refractivity contribution in [3.8, 4) is 0 Å². The van der Waals surface area contributed by atoms with Crippen LogP contribution in [0.1, 0.15) is 61.3 Å². The summed E-state index contributed by atoms with van der Waals surface area (Å²) in [4.78, 5) is 16.9. The van der Waals surface area contributed by atoms with Gasteiger partial charge >= 0.3 is 6.18 Å². The van der Waals surface area contributed by atoms with Gasteiger partial charge in [0.25, 0.3) is 11.6 Å². The van der Waals surface area contributed by atoms with Crippen LogP contribution in [-0.2, 0) is 0 Å². The van der Waals surface area contributed by atoms with E-state index in [-0.39, 0.29) is 23.6 Å². The van der Waals surface area contributed by atoms with Gasteiger partial charge in [-0.15, -0.1) is 0 Å². The van der Waals surface area contributed by atoms with E-state index in [1.54, 1.807) is 19.9 Å². The minimum atomic E-state index is -4.34. The molecule has 5 nitrogen and oxygen atoms in total. The molecule has 0 fully saturated rings. The zero-order chi connectivity index (χ0) is 18.1. The van der Waals surface area contributed by atoms with Crippen molar-refractivity contribution in [2.75, 3.05) is 0 Å². The van der Waals surface area contributed by atoms with Crippen molar-refractivity contribution >= 4 is 17.0 Å². The minimum Gasteiger partial charge on any atom is -0.349 e. The van der Waals surface area contributed by atoms with Crippen LogP contribution >= 0.6 is 0 Å². The van der Waals surface area contributed by atoms with Crippen LogP contribution in [0.25, 0.3) is 11.1 Å². The fourth-order valence-corrected chi connectivity index (χ4v) is 2.43. The smallest absolute Gasteiger partial charge is 0.349 e. The fourth-order valence-electron chi connectivity index (χ4n) is 2.43. The van der Waals surface area contributed by atoms with Gasteiger partial charge in [-0.1, -0.05) is 25.9 Å². The second-order valence-electron chi connectivity index (χ2n) is 6.10. The predicted octanol–water partition coefficient (Wildman–Crippen LogP) is 4.12. The molecule has 0 aliphatic rings. The average Bonchev–Trinajstić information content (AvgIpc) is 2.85. The van der Waals surface area contributed by atoms with Gasteiger partial charge in [-0.3, -0.25) is 4.79 Å². The van der Waals surface area contributed by atoms with E-state index in [1.165, 1.54) is 0 Å². The summed E-state index contributed by atoms with van der Waals surface area (Å²) in [7, 11) is 0. The Morgan fingerprint density at radius 3 is 2.58 bits per heavy atom. The van der Waals surface area contributed by atoms with Crippen LogP contribution in [0, 0.1) is 6.92 Å². The lowest BCUT2D eigenvalue weighted by Gasteiger charge is -2.19. The maximum Gasteiger partial charge on any atom is 0.391 e. The zero-order valence-electron chi connectivity index (χ0n) is 14.0. The lowest BCUT2D eigenvalue weighted by atomic mass is 10.0. The molecule has 1 amide bonds. The number of hydrogen-bond acceptors (Lipinski definition) is 4. The summed E-state index contributed by atoms with van der Waals surface area (Å²) < 4.78 is 42.9. The molecule has 0 aliphatic heterocycles. The Balaban J connectivity index is 2.39. The van der Waals surface area contributed by atoms with E-state index in [1.807, 2.05) is 13.8 Å². The second-order valence-corrected chi connectivity index (χ2v) is 6.10. The molecule has 1 N–H and O–H groups in total. The van der Waals surface area contributed by atoms with Crippen LogP contribution < -0.4 is 5.32 Å². The summed E-state index contributed by atoms with van der Waals surface area (Å²) in [6, 6.07) is 0.607. The minimum absolute atomic E-state index is 0.0310. The first-order valence-electron chi connectivity index (χ1n) is 7.77. The molecule has 0 saturated heterocycles. The Hall–Kier alpha value is -2.12. The SMILES string of the molecule is CC[C@@H](CC(F)(F)F)NC(=O)c1cc(C(C)C)nc2onc(C)c12. The number of pyridine rings is 1. The summed E-state index contributed by atoms with van der Waals surface area (Å²) in [6.45, 7) is 7.06. The monoisotopic (exact) mass is 343 g/mol. The van der Waals surface area contributed by atoms with E-state index in [0.717, 1.165) is 0 Å². The van der Waals surface area contributed by atoms with E-state index >= 15 is 0 Å². The van der Waals surface area contributed by atoms with Crippen LogP contribution in [0.5, 0.6) is 0 Å². The molecule has 0 unspecified atom stereocenters. The molecule has 24 heavy (non-hydrogen) atoms. The molecule has 2 aromatic heterocycles. The van der Waals surface area contributed by atoms with Crippen LogP contribution in [0.2, 0.25) is 0 Å². The number of aryl methyl sites for hydroxylation is 1. The molecule has 2 heterocycles. The first-order chi connectivity index (χ1) is 11.1. The molecule has 8 heteroatoms. The van der Waals surface area contributed by atoms with Gasteiger partial charge in [-0.25, -0.2) is 4.98 Å². The lowest BCUT2D eigenvalue weighted by molar-refractivity contribution is -0.139. The molecular formula is C16H20F3N3O2. The number of carbonyl (C=O) groups excluding carboxylic acids is 1. The third-order valence-electron chi connectivity index (χ3n) is 3.78. The fraction of sp³-hybridized carbons (Fsp3) is 0.562. The molecule has 0 aromatic carbocycles. The number of carbonyl (C=O) groups is 1.